The smallest absolute Gasteiger partial charge is 0.408 e. The Bertz CT molecular complexity index is 864. The lowest BCUT2D eigenvalue weighted by molar-refractivity contribution is -0.145. The van der Waals surface area contributed by atoms with Crippen LogP contribution in [0.5, 0.6) is 0 Å². The number of nitrogens with one attached hydrogen (secondary N) is 3. The molecule has 0 spiro atoms. The number of hydrogen-bond donors (Lipinski definition) is 5. The molecule has 34 heavy (non-hydrogen) atoms. The van der Waals surface area contributed by atoms with Crippen molar-refractivity contribution in [3.63, 3.8) is 0 Å². The van der Waals surface area contributed by atoms with Crippen molar-refractivity contribution in [3.8, 4) is 0 Å². The van der Waals surface area contributed by atoms with Crippen molar-refractivity contribution < 1.29 is 23.9 Å². The molecule has 0 aromatic carbocycles. The standard InChI is InChI=1S/C22H39N7O5/c1-21(2,3)18-26-12-13(27-18)11-15(29-20(32)34-22(4,5)6)16(30)28-14(17(31)33-7)9-8-10-25-19(23)24/h12,14-15H,8-11H2,1-7H3,(H,26,27)(H,28,30)(H,29,32)(H4,23,24,25)/t14-,15-/m0/s1. The molecule has 0 radical (unpaired) electrons. The Balaban J connectivity index is 3.03. The average Bonchev–Trinajstić information content (AvgIpc) is 3.16. The number of imidazole rings is 1. The zero-order valence-electron chi connectivity index (χ0n) is 21.2. The topological polar surface area (TPSA) is 187 Å². The lowest BCUT2D eigenvalue weighted by Gasteiger charge is -2.24. The van der Waals surface area contributed by atoms with Gasteiger partial charge in [0.15, 0.2) is 5.96 Å². The largest absolute Gasteiger partial charge is 0.467 e. The molecule has 0 saturated heterocycles. The van der Waals surface area contributed by atoms with Crippen LogP contribution in [-0.2, 0) is 30.9 Å². The summed E-state index contributed by atoms with van der Waals surface area (Å²) in [5, 5.41) is 5.24. The minimum Gasteiger partial charge on any atom is -0.467 e. The maximum Gasteiger partial charge on any atom is 0.408 e. The molecule has 7 N–H and O–H groups in total. The number of alkyl carbamates (subject to hydrolysis) is 1. The number of hydrogen-bond acceptors (Lipinski definition) is 7. The van der Waals surface area contributed by atoms with Crippen LogP contribution in [0.25, 0.3) is 0 Å². The number of esters is 1. The van der Waals surface area contributed by atoms with Gasteiger partial charge in [0.2, 0.25) is 5.91 Å². The number of amides is 2. The van der Waals surface area contributed by atoms with Gasteiger partial charge in [-0.25, -0.2) is 14.6 Å². The van der Waals surface area contributed by atoms with Gasteiger partial charge in [0.1, 0.15) is 23.5 Å². The van der Waals surface area contributed by atoms with Gasteiger partial charge in [0, 0.05) is 30.3 Å². The second kappa shape index (κ2) is 12.2. The minimum atomic E-state index is -1.03. The summed E-state index contributed by atoms with van der Waals surface area (Å²) in [5.41, 5.74) is 10.3. The Kier molecular flexibility index (Phi) is 10.3. The molecule has 2 amide bonds. The van der Waals surface area contributed by atoms with E-state index in [0.717, 1.165) is 5.82 Å². The van der Waals surface area contributed by atoms with E-state index >= 15 is 0 Å². The molecule has 1 rings (SSSR count). The summed E-state index contributed by atoms with van der Waals surface area (Å²) in [6.45, 7) is 11.4. The van der Waals surface area contributed by atoms with Crippen LogP contribution >= 0.6 is 0 Å². The molecule has 0 aliphatic rings. The summed E-state index contributed by atoms with van der Waals surface area (Å²) in [6.07, 6.45) is 1.64. The van der Waals surface area contributed by atoms with Crippen LogP contribution in [0, 0.1) is 0 Å². The van der Waals surface area contributed by atoms with Gasteiger partial charge in [-0.3, -0.25) is 9.79 Å². The fourth-order valence-electron chi connectivity index (χ4n) is 2.89. The summed E-state index contributed by atoms with van der Waals surface area (Å²) < 4.78 is 10.1. The molecule has 0 bridgehead atoms. The van der Waals surface area contributed by atoms with Crippen LogP contribution in [0.2, 0.25) is 0 Å². The summed E-state index contributed by atoms with van der Waals surface area (Å²) in [6, 6.07) is -1.98. The molecule has 1 aromatic rings. The van der Waals surface area contributed by atoms with Gasteiger partial charge in [-0.2, -0.15) is 0 Å². The van der Waals surface area contributed by atoms with Crippen LogP contribution in [-0.4, -0.2) is 65.2 Å². The number of carbonyl (C=O) groups excluding carboxylic acids is 3. The Morgan fingerprint density at radius 2 is 1.76 bits per heavy atom. The molecule has 0 aliphatic heterocycles. The van der Waals surface area contributed by atoms with Gasteiger partial charge >= 0.3 is 12.1 Å². The number of guanidine groups is 1. The van der Waals surface area contributed by atoms with E-state index in [1.54, 1.807) is 27.0 Å². The number of carbonyl (C=O) groups is 3. The van der Waals surface area contributed by atoms with Gasteiger partial charge in [-0.1, -0.05) is 20.8 Å². The van der Waals surface area contributed by atoms with E-state index < -0.39 is 35.7 Å². The monoisotopic (exact) mass is 481 g/mol. The Morgan fingerprint density at radius 3 is 2.26 bits per heavy atom. The molecule has 192 valence electrons. The lowest BCUT2D eigenvalue weighted by atomic mass is 9.96. The predicted octanol–water partition coefficient (Wildman–Crippen LogP) is 0.854. The summed E-state index contributed by atoms with van der Waals surface area (Å²) in [4.78, 5) is 49.2. The lowest BCUT2D eigenvalue weighted by Crippen LogP contribution is -2.53. The molecular weight excluding hydrogens is 442 g/mol. The summed E-state index contributed by atoms with van der Waals surface area (Å²) in [5.74, 6) is -0.513. The molecule has 0 fully saturated rings. The van der Waals surface area contributed by atoms with Gasteiger partial charge in [0.25, 0.3) is 0 Å². The fourth-order valence-corrected chi connectivity index (χ4v) is 2.89. The van der Waals surface area contributed by atoms with E-state index in [1.165, 1.54) is 7.11 Å². The van der Waals surface area contributed by atoms with Crippen LogP contribution in [0.3, 0.4) is 0 Å². The minimum absolute atomic E-state index is 0.0607. The van der Waals surface area contributed by atoms with E-state index in [-0.39, 0.29) is 30.8 Å². The first-order valence-electron chi connectivity index (χ1n) is 11.1. The maximum atomic E-state index is 13.1. The summed E-state index contributed by atoms with van der Waals surface area (Å²) >= 11 is 0. The highest BCUT2D eigenvalue weighted by Crippen LogP contribution is 2.19. The SMILES string of the molecule is COC(=O)[C@H](CCCN=C(N)N)NC(=O)[C@H](Cc1cnc(C(C)(C)C)[nH]1)NC(=O)OC(C)(C)C. The highest BCUT2D eigenvalue weighted by atomic mass is 16.6. The number of methoxy groups -OCH3 is 1. The Morgan fingerprint density at radius 1 is 1.12 bits per heavy atom. The molecule has 0 aliphatic carbocycles. The molecule has 2 atom stereocenters. The number of aromatic nitrogens is 2. The predicted molar refractivity (Wildman–Crippen MR) is 128 cm³/mol. The van der Waals surface area contributed by atoms with Crippen molar-refractivity contribution in [2.75, 3.05) is 13.7 Å². The normalized spacial score (nSPS) is 13.4. The van der Waals surface area contributed by atoms with E-state index in [9.17, 15) is 14.4 Å². The first-order chi connectivity index (χ1) is 15.6. The molecular formula is C22H39N7O5. The second-order valence-electron chi connectivity index (χ2n) is 9.94. The maximum absolute atomic E-state index is 13.1. The van der Waals surface area contributed by atoms with Gasteiger partial charge < -0.3 is 36.6 Å². The highest BCUT2D eigenvalue weighted by molar-refractivity contribution is 5.89. The van der Waals surface area contributed by atoms with Crippen LogP contribution in [0.15, 0.2) is 11.2 Å². The van der Waals surface area contributed by atoms with Crippen molar-refractivity contribution in [1.29, 1.82) is 0 Å². The molecule has 12 nitrogen and oxygen atoms in total. The quantitative estimate of drug-likeness (QED) is 0.141. The number of aromatic amines is 1. The summed E-state index contributed by atoms with van der Waals surface area (Å²) in [7, 11) is 1.23. The molecule has 0 saturated carbocycles. The van der Waals surface area contributed by atoms with E-state index in [4.69, 9.17) is 20.9 Å². The Hall–Kier alpha value is -3.31. The third kappa shape index (κ3) is 10.5. The average molecular weight is 482 g/mol. The number of nitrogens with zero attached hydrogens (tertiary/aromatic N) is 2. The van der Waals surface area contributed by atoms with Gasteiger partial charge in [0.05, 0.1) is 7.11 Å². The first kappa shape index (κ1) is 28.7. The zero-order valence-corrected chi connectivity index (χ0v) is 21.2. The van der Waals surface area contributed by atoms with E-state index in [0.29, 0.717) is 12.1 Å². The van der Waals surface area contributed by atoms with E-state index in [1.807, 2.05) is 20.8 Å². The number of ether oxygens (including phenoxy) is 2. The van der Waals surface area contributed by atoms with Gasteiger partial charge in [-0.05, 0) is 33.6 Å². The third-order valence-electron chi connectivity index (χ3n) is 4.52. The third-order valence-corrected chi connectivity index (χ3v) is 4.52. The number of nitrogens with two attached hydrogens (primary N) is 2. The van der Waals surface area contributed by atoms with Crippen molar-refractivity contribution in [2.24, 2.45) is 16.5 Å². The Labute approximate surface area is 200 Å². The van der Waals surface area contributed by atoms with Crippen molar-refractivity contribution in [3.05, 3.63) is 17.7 Å². The van der Waals surface area contributed by atoms with Crippen LogP contribution < -0.4 is 22.1 Å². The number of aliphatic imine (C=N–C) groups is 1. The number of H-pyrrole nitrogens is 1. The van der Waals surface area contributed by atoms with Crippen molar-refractivity contribution in [2.45, 2.75) is 83.9 Å². The first-order valence-corrected chi connectivity index (χ1v) is 11.1. The molecule has 12 heteroatoms. The van der Waals surface area contributed by atoms with Crippen molar-refractivity contribution >= 4 is 23.9 Å². The zero-order chi connectivity index (χ0) is 26.1. The number of rotatable bonds is 10. The van der Waals surface area contributed by atoms with Crippen molar-refractivity contribution in [1.82, 2.24) is 20.6 Å². The fraction of sp³-hybridized carbons (Fsp3) is 0.682. The van der Waals surface area contributed by atoms with Crippen LogP contribution in [0.1, 0.15) is 65.9 Å². The highest BCUT2D eigenvalue weighted by Gasteiger charge is 2.30. The molecule has 0 unspecified atom stereocenters. The molecule has 1 heterocycles. The van der Waals surface area contributed by atoms with Gasteiger partial charge in [-0.15, -0.1) is 0 Å². The second-order valence-corrected chi connectivity index (χ2v) is 9.94. The molecule has 1 aromatic heterocycles. The van der Waals surface area contributed by atoms with E-state index in [2.05, 4.69) is 25.6 Å². The van der Waals surface area contributed by atoms with Crippen LogP contribution in [0.4, 0.5) is 4.79 Å².